The number of nitrogens with one attached hydrogen (secondary N) is 1. The average Bonchev–Trinajstić information content (AvgIpc) is 3.37. The number of hydrogen-bond acceptors (Lipinski definition) is 3. The highest BCUT2D eigenvalue weighted by Gasteiger charge is 2.31. The van der Waals surface area contributed by atoms with Crippen molar-refractivity contribution in [3.63, 3.8) is 0 Å². The van der Waals surface area contributed by atoms with Crippen LogP contribution in [0.1, 0.15) is 39.8 Å². The number of aromatic nitrogens is 1. The normalized spacial score (nSPS) is 15.8. The van der Waals surface area contributed by atoms with Crippen LogP contribution >= 0.6 is 0 Å². The Hall–Kier alpha value is -3.08. The lowest BCUT2D eigenvalue weighted by atomic mass is 10.0. The third-order valence-corrected chi connectivity index (χ3v) is 4.61. The van der Waals surface area contributed by atoms with Gasteiger partial charge in [0.05, 0.1) is 24.4 Å². The topological polar surface area (TPSA) is 64.2 Å². The van der Waals surface area contributed by atoms with E-state index in [4.69, 9.17) is 4.42 Å². The first-order valence-electron chi connectivity index (χ1n) is 8.33. The Balaban J connectivity index is 1.51. The van der Waals surface area contributed by atoms with Gasteiger partial charge >= 0.3 is 0 Å². The van der Waals surface area contributed by atoms with Crippen LogP contribution in [0.15, 0.2) is 65.3 Å². The number of carbonyl (C=O) groups excluding carboxylic acids is 2. The zero-order valence-corrected chi connectivity index (χ0v) is 13.6. The molecule has 0 fully saturated rings. The summed E-state index contributed by atoms with van der Waals surface area (Å²) in [6, 6.07) is 16.5. The van der Waals surface area contributed by atoms with Crippen LogP contribution in [0, 0.1) is 0 Å². The highest BCUT2D eigenvalue weighted by atomic mass is 16.3. The Bertz CT molecular complexity index is 894. The molecule has 126 valence electrons. The number of furan rings is 1. The molecule has 1 unspecified atom stereocenters. The Labute approximate surface area is 145 Å². The Kier molecular flexibility index (Phi) is 3.98. The summed E-state index contributed by atoms with van der Waals surface area (Å²) >= 11 is 0. The Morgan fingerprint density at radius 1 is 1.08 bits per heavy atom. The summed E-state index contributed by atoms with van der Waals surface area (Å²) in [6.07, 6.45) is 2.29. The number of nitrogens with zero attached hydrogens (tertiary/aromatic N) is 1. The van der Waals surface area contributed by atoms with Crippen molar-refractivity contribution < 1.29 is 14.0 Å². The minimum absolute atomic E-state index is 0.0107. The molecule has 0 spiro atoms. The summed E-state index contributed by atoms with van der Waals surface area (Å²) in [5.74, 6) is 0.449. The molecule has 5 nitrogen and oxygen atoms in total. The number of ketones is 1. The lowest BCUT2D eigenvalue weighted by molar-refractivity contribution is -0.122. The van der Waals surface area contributed by atoms with Crippen LogP contribution in [-0.4, -0.2) is 16.3 Å². The van der Waals surface area contributed by atoms with E-state index in [2.05, 4.69) is 5.32 Å². The van der Waals surface area contributed by atoms with E-state index < -0.39 is 0 Å². The molecule has 0 saturated carbocycles. The Morgan fingerprint density at radius 3 is 2.68 bits per heavy atom. The number of amides is 1. The summed E-state index contributed by atoms with van der Waals surface area (Å²) in [5.41, 5.74) is 2.20. The molecular formula is C20H18N2O3. The van der Waals surface area contributed by atoms with E-state index in [0.717, 1.165) is 11.5 Å². The first kappa shape index (κ1) is 15.4. The molecule has 1 atom stereocenters. The van der Waals surface area contributed by atoms with Gasteiger partial charge in [-0.15, -0.1) is 0 Å². The lowest BCUT2D eigenvalue weighted by Gasteiger charge is -2.09. The van der Waals surface area contributed by atoms with Crippen LogP contribution in [-0.2, 0) is 17.9 Å². The van der Waals surface area contributed by atoms with Gasteiger partial charge < -0.3 is 14.3 Å². The molecule has 3 aromatic rings. The van der Waals surface area contributed by atoms with E-state index in [1.165, 1.54) is 0 Å². The monoisotopic (exact) mass is 334 g/mol. The van der Waals surface area contributed by atoms with E-state index in [9.17, 15) is 9.59 Å². The summed E-state index contributed by atoms with van der Waals surface area (Å²) in [6.45, 7) is 1.05. The molecule has 25 heavy (non-hydrogen) atoms. The summed E-state index contributed by atoms with van der Waals surface area (Å²) in [7, 11) is 0. The van der Waals surface area contributed by atoms with Gasteiger partial charge in [-0.2, -0.15) is 0 Å². The molecule has 1 aromatic carbocycles. The molecule has 1 aliphatic rings. The van der Waals surface area contributed by atoms with Gasteiger partial charge in [0.2, 0.25) is 11.7 Å². The zero-order chi connectivity index (χ0) is 17.2. The van der Waals surface area contributed by atoms with Gasteiger partial charge in [-0.25, -0.2) is 0 Å². The van der Waals surface area contributed by atoms with Crippen molar-refractivity contribution in [1.29, 1.82) is 0 Å². The van der Waals surface area contributed by atoms with Gasteiger partial charge in [-0.1, -0.05) is 30.3 Å². The van der Waals surface area contributed by atoms with Gasteiger partial charge in [0, 0.05) is 17.8 Å². The summed E-state index contributed by atoms with van der Waals surface area (Å²) in [4.78, 5) is 25.2. The second kappa shape index (κ2) is 6.43. The minimum atomic E-state index is -0.229. The van der Waals surface area contributed by atoms with Crippen LogP contribution in [0.5, 0.6) is 0 Å². The summed E-state index contributed by atoms with van der Waals surface area (Å²) < 4.78 is 7.20. The molecule has 0 bridgehead atoms. The fourth-order valence-electron chi connectivity index (χ4n) is 3.35. The molecule has 0 saturated heterocycles. The van der Waals surface area contributed by atoms with Crippen LogP contribution in [0.2, 0.25) is 0 Å². The maximum atomic E-state index is 12.7. The van der Waals surface area contributed by atoms with E-state index >= 15 is 0 Å². The second-order valence-electron chi connectivity index (χ2n) is 6.13. The first-order valence-corrected chi connectivity index (χ1v) is 8.33. The van der Waals surface area contributed by atoms with E-state index in [0.29, 0.717) is 30.8 Å². The molecule has 4 rings (SSSR count). The van der Waals surface area contributed by atoms with E-state index in [-0.39, 0.29) is 17.6 Å². The maximum absolute atomic E-state index is 12.7. The van der Waals surface area contributed by atoms with Crippen LogP contribution in [0.4, 0.5) is 0 Å². The summed E-state index contributed by atoms with van der Waals surface area (Å²) in [5, 5.41) is 2.91. The van der Waals surface area contributed by atoms with Crippen LogP contribution < -0.4 is 5.32 Å². The third-order valence-electron chi connectivity index (χ3n) is 4.61. The highest BCUT2D eigenvalue weighted by Crippen LogP contribution is 2.31. The SMILES string of the molecule is O=C(c1ccccc1)c1ccc2n1CCC2C(=O)NCc1ccco1. The van der Waals surface area contributed by atoms with Crippen molar-refractivity contribution in [2.75, 3.05) is 0 Å². The standard InChI is InChI=1S/C20H18N2O3/c23-19(14-5-2-1-3-6-14)18-9-8-17-16(10-11-22(17)18)20(24)21-13-15-7-4-12-25-15/h1-9,12,16H,10-11,13H2,(H,21,24). The molecule has 1 aliphatic heterocycles. The van der Waals surface area contributed by atoms with Crippen molar-refractivity contribution in [2.45, 2.75) is 25.4 Å². The molecule has 3 heterocycles. The number of rotatable bonds is 5. The fraction of sp³-hybridized carbons (Fsp3) is 0.200. The molecule has 0 radical (unpaired) electrons. The highest BCUT2D eigenvalue weighted by molar-refractivity contribution is 6.08. The number of fused-ring (bicyclic) bond motifs is 1. The third kappa shape index (κ3) is 2.89. The van der Waals surface area contributed by atoms with Crippen LogP contribution in [0.3, 0.4) is 0 Å². The van der Waals surface area contributed by atoms with Crippen molar-refractivity contribution in [2.24, 2.45) is 0 Å². The number of carbonyl (C=O) groups is 2. The zero-order valence-electron chi connectivity index (χ0n) is 13.6. The van der Waals surface area contributed by atoms with Gasteiger partial charge in [-0.05, 0) is 30.7 Å². The largest absolute Gasteiger partial charge is 0.467 e. The van der Waals surface area contributed by atoms with Gasteiger partial charge in [-0.3, -0.25) is 9.59 Å². The van der Waals surface area contributed by atoms with E-state index in [1.54, 1.807) is 12.3 Å². The predicted octanol–water partition coefficient (Wildman–Crippen LogP) is 3.12. The van der Waals surface area contributed by atoms with Crippen LogP contribution in [0.25, 0.3) is 0 Å². The molecule has 5 heteroatoms. The van der Waals surface area contributed by atoms with Crippen molar-refractivity contribution in [3.05, 3.63) is 83.6 Å². The minimum Gasteiger partial charge on any atom is -0.467 e. The smallest absolute Gasteiger partial charge is 0.229 e. The fourth-order valence-corrected chi connectivity index (χ4v) is 3.35. The maximum Gasteiger partial charge on any atom is 0.229 e. The quantitative estimate of drug-likeness (QED) is 0.729. The first-order chi connectivity index (χ1) is 12.2. The molecular weight excluding hydrogens is 316 g/mol. The number of hydrogen-bond donors (Lipinski definition) is 1. The predicted molar refractivity (Wildman–Crippen MR) is 92.2 cm³/mol. The van der Waals surface area contributed by atoms with E-state index in [1.807, 2.05) is 53.1 Å². The molecule has 2 aromatic heterocycles. The van der Waals surface area contributed by atoms with Crippen molar-refractivity contribution in [3.8, 4) is 0 Å². The molecule has 1 N–H and O–H groups in total. The average molecular weight is 334 g/mol. The van der Waals surface area contributed by atoms with Gasteiger partial charge in [0.25, 0.3) is 0 Å². The lowest BCUT2D eigenvalue weighted by Crippen LogP contribution is -2.27. The number of benzene rings is 1. The van der Waals surface area contributed by atoms with Gasteiger partial charge in [0.15, 0.2) is 0 Å². The molecule has 0 aliphatic carbocycles. The van der Waals surface area contributed by atoms with Crippen molar-refractivity contribution in [1.82, 2.24) is 9.88 Å². The van der Waals surface area contributed by atoms with Crippen molar-refractivity contribution >= 4 is 11.7 Å². The Morgan fingerprint density at radius 2 is 1.92 bits per heavy atom. The van der Waals surface area contributed by atoms with Gasteiger partial charge in [0.1, 0.15) is 5.76 Å². The second-order valence-corrected chi connectivity index (χ2v) is 6.13. The molecule has 1 amide bonds.